The van der Waals surface area contributed by atoms with Crippen molar-refractivity contribution in [2.75, 3.05) is 19.5 Å². The predicted molar refractivity (Wildman–Crippen MR) is 68.7 cm³/mol. The molecule has 0 saturated carbocycles. The van der Waals surface area contributed by atoms with E-state index in [2.05, 4.69) is 15.2 Å². The minimum Gasteiger partial charge on any atom is -0.495 e. The zero-order valence-electron chi connectivity index (χ0n) is 10.6. The van der Waals surface area contributed by atoms with E-state index in [0.29, 0.717) is 22.8 Å². The summed E-state index contributed by atoms with van der Waals surface area (Å²) in [4.78, 5) is 15.5. The monoisotopic (exact) mass is 262 g/mol. The quantitative estimate of drug-likeness (QED) is 0.634. The van der Waals surface area contributed by atoms with Crippen molar-refractivity contribution < 1.29 is 14.3 Å². The van der Waals surface area contributed by atoms with E-state index >= 15 is 0 Å². The summed E-state index contributed by atoms with van der Waals surface area (Å²) in [5.41, 5.74) is 6.96. The van der Waals surface area contributed by atoms with Crippen molar-refractivity contribution in [1.82, 2.24) is 15.2 Å². The summed E-state index contributed by atoms with van der Waals surface area (Å²) in [5.74, 6) is 0.469. The fourth-order valence-corrected chi connectivity index (χ4v) is 1.56. The summed E-state index contributed by atoms with van der Waals surface area (Å²) >= 11 is 0. The van der Waals surface area contributed by atoms with Crippen LogP contribution < -0.4 is 10.5 Å². The molecule has 0 aliphatic rings. The van der Waals surface area contributed by atoms with E-state index in [-0.39, 0.29) is 12.4 Å². The number of aromatic nitrogens is 3. The molecule has 0 amide bonds. The molecule has 19 heavy (non-hydrogen) atoms. The number of H-pyrrole nitrogens is 1. The fraction of sp³-hybridized carbons (Fsp3) is 0.250. The molecule has 2 aromatic rings. The molecule has 0 aliphatic carbocycles. The van der Waals surface area contributed by atoms with E-state index in [4.69, 9.17) is 15.2 Å². The number of benzene rings is 1. The molecule has 0 aliphatic heterocycles. The number of nitrogens with two attached hydrogens (primary N) is 1. The molecule has 0 unspecified atom stereocenters. The summed E-state index contributed by atoms with van der Waals surface area (Å²) in [7, 11) is 1.54. The average molecular weight is 262 g/mol. The van der Waals surface area contributed by atoms with Crippen molar-refractivity contribution in [2.45, 2.75) is 6.92 Å². The van der Waals surface area contributed by atoms with Gasteiger partial charge in [-0.1, -0.05) is 0 Å². The molecule has 0 bridgehead atoms. The minimum atomic E-state index is -0.539. The Morgan fingerprint density at radius 3 is 2.89 bits per heavy atom. The van der Waals surface area contributed by atoms with Crippen LogP contribution in [0, 0.1) is 0 Å². The maximum Gasteiger partial charge on any atom is 0.375 e. The van der Waals surface area contributed by atoms with Crippen LogP contribution in [0.3, 0.4) is 0 Å². The van der Waals surface area contributed by atoms with E-state index in [1.807, 2.05) is 0 Å². The molecule has 0 radical (unpaired) electrons. The summed E-state index contributed by atoms with van der Waals surface area (Å²) < 4.78 is 9.88. The Kier molecular flexibility index (Phi) is 3.65. The zero-order valence-corrected chi connectivity index (χ0v) is 10.6. The van der Waals surface area contributed by atoms with Gasteiger partial charge >= 0.3 is 5.97 Å². The Bertz CT molecular complexity index is 594. The first kappa shape index (κ1) is 12.9. The van der Waals surface area contributed by atoms with Crippen molar-refractivity contribution in [3.8, 4) is 17.1 Å². The normalized spacial score (nSPS) is 10.2. The van der Waals surface area contributed by atoms with Crippen LogP contribution in [0.1, 0.15) is 17.5 Å². The van der Waals surface area contributed by atoms with Gasteiger partial charge < -0.3 is 15.2 Å². The van der Waals surface area contributed by atoms with E-state index in [0.717, 1.165) is 0 Å². The molecule has 7 heteroatoms. The number of aromatic amines is 1. The van der Waals surface area contributed by atoms with Crippen molar-refractivity contribution in [1.29, 1.82) is 0 Å². The number of nitrogen functional groups attached to an aromatic ring is 1. The molecule has 0 fully saturated rings. The van der Waals surface area contributed by atoms with Gasteiger partial charge in [-0.05, 0) is 25.1 Å². The van der Waals surface area contributed by atoms with Crippen LogP contribution in [-0.4, -0.2) is 34.9 Å². The number of ether oxygens (including phenoxy) is 2. The largest absolute Gasteiger partial charge is 0.495 e. The molecule has 1 aromatic carbocycles. The third-order valence-electron chi connectivity index (χ3n) is 2.44. The van der Waals surface area contributed by atoms with Crippen LogP contribution in [0.15, 0.2) is 18.2 Å². The second-order valence-corrected chi connectivity index (χ2v) is 3.68. The van der Waals surface area contributed by atoms with Crippen LogP contribution in [0.25, 0.3) is 11.4 Å². The minimum absolute atomic E-state index is 0.0613. The lowest BCUT2D eigenvalue weighted by atomic mass is 10.2. The van der Waals surface area contributed by atoms with E-state index in [9.17, 15) is 4.79 Å². The van der Waals surface area contributed by atoms with Gasteiger partial charge in [0.1, 0.15) is 5.75 Å². The molecule has 0 atom stereocenters. The van der Waals surface area contributed by atoms with Crippen molar-refractivity contribution >= 4 is 11.7 Å². The third kappa shape index (κ3) is 2.65. The number of methoxy groups -OCH3 is 1. The number of rotatable bonds is 4. The number of nitrogens with one attached hydrogen (secondary N) is 1. The Morgan fingerprint density at radius 1 is 1.47 bits per heavy atom. The number of carbonyl (C=O) groups excluding carboxylic acids is 1. The summed E-state index contributed by atoms with van der Waals surface area (Å²) in [5, 5.41) is 6.48. The topological polar surface area (TPSA) is 103 Å². The van der Waals surface area contributed by atoms with Gasteiger partial charge in [0.05, 0.1) is 19.4 Å². The van der Waals surface area contributed by atoms with Gasteiger partial charge in [0.2, 0.25) is 5.82 Å². The second-order valence-electron chi connectivity index (χ2n) is 3.68. The molecule has 1 heterocycles. The molecule has 100 valence electrons. The Morgan fingerprint density at radius 2 is 2.26 bits per heavy atom. The highest BCUT2D eigenvalue weighted by Crippen LogP contribution is 2.26. The first-order valence-electron chi connectivity index (χ1n) is 5.69. The van der Waals surface area contributed by atoms with Gasteiger partial charge in [0, 0.05) is 5.56 Å². The Hall–Kier alpha value is -2.57. The van der Waals surface area contributed by atoms with Crippen LogP contribution in [-0.2, 0) is 4.74 Å². The maximum atomic E-state index is 11.5. The van der Waals surface area contributed by atoms with Crippen molar-refractivity contribution in [2.24, 2.45) is 0 Å². The van der Waals surface area contributed by atoms with Crippen LogP contribution in [0.5, 0.6) is 5.75 Å². The standard InChI is InChI=1S/C12H14N4O3/c1-3-19-12(17)11-14-10(15-16-11)7-4-5-9(18-2)8(13)6-7/h4-6H,3,13H2,1-2H3,(H,14,15,16). The number of hydrogen-bond donors (Lipinski definition) is 2. The van der Waals surface area contributed by atoms with Crippen molar-refractivity contribution in [3.63, 3.8) is 0 Å². The number of hydrogen-bond acceptors (Lipinski definition) is 6. The number of carbonyl (C=O) groups is 1. The molecule has 0 saturated heterocycles. The van der Waals surface area contributed by atoms with Gasteiger partial charge in [0.15, 0.2) is 5.82 Å². The smallest absolute Gasteiger partial charge is 0.375 e. The summed E-state index contributed by atoms with van der Waals surface area (Å²) in [6.45, 7) is 2.00. The number of nitrogens with zero attached hydrogens (tertiary/aromatic N) is 2. The third-order valence-corrected chi connectivity index (χ3v) is 2.44. The zero-order chi connectivity index (χ0) is 13.8. The lowest BCUT2D eigenvalue weighted by molar-refractivity contribution is 0.0512. The van der Waals surface area contributed by atoms with E-state index < -0.39 is 5.97 Å². The van der Waals surface area contributed by atoms with Crippen molar-refractivity contribution in [3.05, 3.63) is 24.0 Å². The second kappa shape index (κ2) is 5.38. The highest BCUT2D eigenvalue weighted by Gasteiger charge is 2.14. The molecular formula is C12H14N4O3. The van der Waals surface area contributed by atoms with Gasteiger partial charge in [-0.2, -0.15) is 5.10 Å². The number of anilines is 1. The highest BCUT2D eigenvalue weighted by molar-refractivity contribution is 5.85. The maximum absolute atomic E-state index is 11.5. The Labute approximate surface area is 109 Å². The molecule has 7 nitrogen and oxygen atoms in total. The molecular weight excluding hydrogens is 248 g/mol. The predicted octanol–water partition coefficient (Wildman–Crippen LogP) is 1.24. The van der Waals surface area contributed by atoms with Gasteiger partial charge in [-0.3, -0.25) is 5.10 Å². The van der Waals surface area contributed by atoms with E-state index in [1.54, 1.807) is 25.1 Å². The first-order valence-corrected chi connectivity index (χ1v) is 5.69. The van der Waals surface area contributed by atoms with Crippen LogP contribution in [0.4, 0.5) is 5.69 Å². The average Bonchev–Trinajstić information content (AvgIpc) is 2.88. The number of esters is 1. The fourth-order valence-electron chi connectivity index (χ4n) is 1.56. The van der Waals surface area contributed by atoms with Crippen LogP contribution >= 0.6 is 0 Å². The Balaban J connectivity index is 2.27. The summed E-state index contributed by atoms with van der Waals surface area (Å²) in [6, 6.07) is 5.15. The highest BCUT2D eigenvalue weighted by atomic mass is 16.5. The molecule has 1 aromatic heterocycles. The first-order chi connectivity index (χ1) is 9.15. The van der Waals surface area contributed by atoms with Gasteiger partial charge in [-0.25, -0.2) is 9.78 Å². The van der Waals surface area contributed by atoms with Crippen LogP contribution in [0.2, 0.25) is 0 Å². The molecule has 2 rings (SSSR count). The lowest BCUT2D eigenvalue weighted by Gasteiger charge is -2.04. The van der Waals surface area contributed by atoms with Gasteiger partial charge in [-0.15, -0.1) is 0 Å². The van der Waals surface area contributed by atoms with Gasteiger partial charge in [0.25, 0.3) is 0 Å². The lowest BCUT2D eigenvalue weighted by Crippen LogP contribution is -2.06. The summed E-state index contributed by atoms with van der Waals surface area (Å²) in [6.07, 6.45) is 0. The molecule has 0 spiro atoms. The SMILES string of the molecule is CCOC(=O)c1nc(-c2ccc(OC)c(N)c2)n[nH]1. The van der Waals surface area contributed by atoms with E-state index in [1.165, 1.54) is 7.11 Å². The molecule has 3 N–H and O–H groups in total.